The number of anilines is 2. The molecule has 1 atom stereocenters. The van der Waals surface area contributed by atoms with Crippen LogP contribution >= 0.6 is 0 Å². The Morgan fingerprint density at radius 1 is 1.11 bits per heavy atom. The molecule has 0 radical (unpaired) electrons. The molecular formula is C22H25N3O3. The molecule has 3 amide bonds. The number of hydrogen-bond donors (Lipinski definition) is 3. The highest BCUT2D eigenvalue weighted by molar-refractivity contribution is 6.04. The zero-order valence-corrected chi connectivity index (χ0v) is 16.0. The molecule has 0 fully saturated rings. The Morgan fingerprint density at radius 3 is 2.68 bits per heavy atom. The van der Waals surface area contributed by atoms with Crippen molar-refractivity contribution in [2.45, 2.75) is 32.6 Å². The summed E-state index contributed by atoms with van der Waals surface area (Å²) in [5.74, 6) is -0.696. The Hall–Kier alpha value is -3.15. The van der Waals surface area contributed by atoms with Gasteiger partial charge in [-0.05, 0) is 43.0 Å². The fourth-order valence-electron chi connectivity index (χ4n) is 3.29. The average molecular weight is 379 g/mol. The molecular weight excluding hydrogens is 354 g/mol. The van der Waals surface area contributed by atoms with Crippen LogP contribution in [0, 0.1) is 5.92 Å². The van der Waals surface area contributed by atoms with Gasteiger partial charge in [-0.25, -0.2) is 0 Å². The summed E-state index contributed by atoms with van der Waals surface area (Å²) in [6.45, 7) is 2.56. The zero-order valence-electron chi connectivity index (χ0n) is 16.0. The highest BCUT2D eigenvalue weighted by Gasteiger charge is 2.26. The van der Waals surface area contributed by atoms with E-state index in [0.717, 1.165) is 17.7 Å². The van der Waals surface area contributed by atoms with E-state index >= 15 is 0 Å². The van der Waals surface area contributed by atoms with Gasteiger partial charge in [0.2, 0.25) is 11.8 Å². The fraction of sp³-hybridized carbons (Fsp3) is 0.318. The molecule has 0 aliphatic carbocycles. The van der Waals surface area contributed by atoms with Gasteiger partial charge in [-0.15, -0.1) is 0 Å². The summed E-state index contributed by atoms with van der Waals surface area (Å²) >= 11 is 0. The first-order chi connectivity index (χ1) is 13.6. The van der Waals surface area contributed by atoms with E-state index in [4.69, 9.17) is 0 Å². The number of nitrogens with one attached hydrogen (secondary N) is 3. The standard InChI is InChI=1S/C22H25N3O3/c1-2-13-23-22(28)17-8-4-6-10-19(17)24-20(26)12-11-16-14-15-7-3-5-9-18(15)25-21(16)27/h3-10,16H,2,11-14H2,1H3,(H,23,28)(H,24,26)(H,25,27). The van der Waals surface area contributed by atoms with Crippen LogP contribution in [0.4, 0.5) is 11.4 Å². The predicted octanol–water partition coefficient (Wildman–Crippen LogP) is 3.36. The summed E-state index contributed by atoms with van der Waals surface area (Å²) in [4.78, 5) is 37.0. The number of carbonyl (C=O) groups is 3. The van der Waals surface area contributed by atoms with Crippen LogP contribution in [0.15, 0.2) is 48.5 Å². The summed E-state index contributed by atoms with van der Waals surface area (Å²) < 4.78 is 0. The third-order valence-electron chi connectivity index (χ3n) is 4.81. The average Bonchev–Trinajstić information content (AvgIpc) is 2.70. The van der Waals surface area contributed by atoms with Crippen LogP contribution < -0.4 is 16.0 Å². The molecule has 2 aromatic carbocycles. The van der Waals surface area contributed by atoms with Crippen molar-refractivity contribution in [3.05, 3.63) is 59.7 Å². The van der Waals surface area contributed by atoms with Gasteiger partial charge in [-0.3, -0.25) is 14.4 Å². The van der Waals surface area contributed by atoms with E-state index in [9.17, 15) is 14.4 Å². The Balaban J connectivity index is 1.58. The molecule has 1 aliphatic heterocycles. The van der Waals surface area contributed by atoms with Crippen LogP contribution in [0.5, 0.6) is 0 Å². The van der Waals surface area contributed by atoms with Gasteiger partial charge in [0.05, 0.1) is 11.3 Å². The number of benzene rings is 2. The quantitative estimate of drug-likeness (QED) is 0.689. The van der Waals surface area contributed by atoms with Crippen LogP contribution in [0.1, 0.15) is 42.1 Å². The van der Waals surface area contributed by atoms with E-state index in [2.05, 4.69) is 16.0 Å². The van der Waals surface area contributed by atoms with Crippen LogP contribution in [0.2, 0.25) is 0 Å². The van der Waals surface area contributed by atoms with Crippen LogP contribution in [-0.4, -0.2) is 24.3 Å². The van der Waals surface area contributed by atoms with Crippen molar-refractivity contribution in [2.75, 3.05) is 17.2 Å². The van der Waals surface area contributed by atoms with Gasteiger partial charge >= 0.3 is 0 Å². The number of fused-ring (bicyclic) bond motifs is 1. The van der Waals surface area contributed by atoms with Gasteiger partial charge in [0.1, 0.15) is 0 Å². The fourth-order valence-corrected chi connectivity index (χ4v) is 3.29. The van der Waals surface area contributed by atoms with E-state index in [1.165, 1.54) is 0 Å². The van der Waals surface area contributed by atoms with Crippen LogP contribution in [-0.2, 0) is 16.0 Å². The summed E-state index contributed by atoms with van der Waals surface area (Å²) in [7, 11) is 0. The number of para-hydroxylation sites is 2. The van der Waals surface area contributed by atoms with Crippen LogP contribution in [0.3, 0.4) is 0 Å². The first-order valence-electron chi connectivity index (χ1n) is 9.64. The molecule has 0 aromatic heterocycles. The van der Waals surface area contributed by atoms with E-state index in [0.29, 0.717) is 30.6 Å². The smallest absolute Gasteiger partial charge is 0.253 e. The van der Waals surface area contributed by atoms with E-state index in [-0.39, 0.29) is 30.1 Å². The van der Waals surface area contributed by atoms with Gasteiger partial charge in [0.25, 0.3) is 5.91 Å². The second-order valence-electron chi connectivity index (χ2n) is 6.94. The number of rotatable bonds is 7. The third kappa shape index (κ3) is 4.76. The second kappa shape index (κ2) is 9.17. The lowest BCUT2D eigenvalue weighted by Gasteiger charge is -2.24. The van der Waals surface area contributed by atoms with E-state index in [1.54, 1.807) is 24.3 Å². The van der Waals surface area contributed by atoms with Crippen molar-refractivity contribution >= 4 is 29.1 Å². The lowest BCUT2D eigenvalue weighted by Crippen LogP contribution is -2.31. The van der Waals surface area contributed by atoms with Crippen molar-refractivity contribution in [3.63, 3.8) is 0 Å². The van der Waals surface area contributed by atoms with Crippen molar-refractivity contribution in [1.29, 1.82) is 0 Å². The van der Waals surface area contributed by atoms with Crippen molar-refractivity contribution in [3.8, 4) is 0 Å². The number of amides is 3. The Labute approximate surface area is 164 Å². The molecule has 2 aromatic rings. The van der Waals surface area contributed by atoms with Gasteiger partial charge < -0.3 is 16.0 Å². The molecule has 0 spiro atoms. The minimum atomic E-state index is -0.233. The SMILES string of the molecule is CCCNC(=O)c1ccccc1NC(=O)CCC1Cc2ccccc2NC1=O. The Bertz CT molecular complexity index is 879. The molecule has 0 bridgehead atoms. The first kappa shape index (κ1) is 19.6. The molecule has 28 heavy (non-hydrogen) atoms. The maximum Gasteiger partial charge on any atom is 0.253 e. The first-order valence-corrected chi connectivity index (χ1v) is 9.64. The summed E-state index contributed by atoms with van der Waals surface area (Å²) in [6.07, 6.45) is 2.14. The van der Waals surface area contributed by atoms with Gasteiger partial charge in [0.15, 0.2) is 0 Å². The Kier molecular flexibility index (Phi) is 6.42. The maximum atomic E-state index is 12.4. The topological polar surface area (TPSA) is 87.3 Å². The minimum Gasteiger partial charge on any atom is -0.352 e. The molecule has 3 rings (SSSR count). The Morgan fingerprint density at radius 2 is 1.86 bits per heavy atom. The second-order valence-corrected chi connectivity index (χ2v) is 6.94. The molecule has 0 saturated heterocycles. The normalized spacial score (nSPS) is 15.3. The molecule has 0 saturated carbocycles. The largest absolute Gasteiger partial charge is 0.352 e. The molecule has 1 unspecified atom stereocenters. The number of hydrogen-bond acceptors (Lipinski definition) is 3. The van der Waals surface area contributed by atoms with Gasteiger partial charge in [-0.2, -0.15) is 0 Å². The zero-order chi connectivity index (χ0) is 19.9. The highest BCUT2D eigenvalue weighted by Crippen LogP contribution is 2.27. The van der Waals surface area contributed by atoms with Crippen molar-refractivity contribution in [1.82, 2.24) is 5.32 Å². The highest BCUT2D eigenvalue weighted by atomic mass is 16.2. The molecule has 1 heterocycles. The third-order valence-corrected chi connectivity index (χ3v) is 4.81. The summed E-state index contributed by atoms with van der Waals surface area (Å²) in [5.41, 5.74) is 2.86. The molecule has 3 N–H and O–H groups in total. The molecule has 6 nitrogen and oxygen atoms in total. The van der Waals surface area contributed by atoms with E-state index in [1.807, 2.05) is 31.2 Å². The molecule has 1 aliphatic rings. The van der Waals surface area contributed by atoms with Gasteiger partial charge in [-0.1, -0.05) is 37.3 Å². The van der Waals surface area contributed by atoms with Gasteiger partial charge in [0, 0.05) is 24.6 Å². The summed E-state index contributed by atoms with van der Waals surface area (Å²) in [5, 5.41) is 8.53. The predicted molar refractivity (Wildman–Crippen MR) is 109 cm³/mol. The minimum absolute atomic E-state index is 0.0501. The molecule has 6 heteroatoms. The lowest BCUT2D eigenvalue weighted by molar-refractivity contribution is -0.121. The monoisotopic (exact) mass is 379 g/mol. The van der Waals surface area contributed by atoms with Crippen molar-refractivity contribution in [2.24, 2.45) is 5.92 Å². The lowest BCUT2D eigenvalue weighted by atomic mass is 9.89. The molecule has 146 valence electrons. The maximum absolute atomic E-state index is 12.4. The number of carbonyl (C=O) groups excluding carboxylic acids is 3. The summed E-state index contributed by atoms with van der Waals surface area (Å²) in [6, 6.07) is 14.7. The van der Waals surface area contributed by atoms with Crippen molar-refractivity contribution < 1.29 is 14.4 Å². The van der Waals surface area contributed by atoms with Crippen LogP contribution in [0.25, 0.3) is 0 Å². The van der Waals surface area contributed by atoms with E-state index < -0.39 is 0 Å².